The molecule has 0 bridgehead atoms. The molecule has 8 heteroatoms. The highest BCUT2D eigenvalue weighted by molar-refractivity contribution is 6.19. The summed E-state index contributed by atoms with van der Waals surface area (Å²) in [5, 5.41) is 21.1. The number of carboxylic acid groups (broad SMARTS) is 1. The lowest BCUT2D eigenvalue weighted by atomic mass is 9.88. The molecule has 2 amide bonds. The van der Waals surface area contributed by atoms with Gasteiger partial charge in [0.15, 0.2) is 0 Å². The van der Waals surface area contributed by atoms with E-state index in [-0.39, 0.29) is 18.7 Å². The number of nitrogens with zero attached hydrogens (tertiary/aromatic N) is 1. The van der Waals surface area contributed by atoms with Gasteiger partial charge >= 0.3 is 5.97 Å². The minimum atomic E-state index is -1.23. The Morgan fingerprint density at radius 1 is 1.23 bits per heavy atom. The third kappa shape index (κ3) is 5.31. The second kappa shape index (κ2) is 8.77. The fourth-order valence-corrected chi connectivity index (χ4v) is 3.51. The minimum absolute atomic E-state index is 0.0942. The zero-order valence-electron chi connectivity index (χ0n) is 17.3. The quantitative estimate of drug-likeness (QED) is 0.532. The lowest BCUT2D eigenvalue weighted by Gasteiger charge is -2.42. The number of aliphatic hydroxyl groups excluding tert-OH is 1. The van der Waals surface area contributed by atoms with Crippen molar-refractivity contribution in [2.45, 2.75) is 51.6 Å². The molecule has 0 spiro atoms. The Morgan fingerprint density at radius 3 is 2.50 bits per heavy atom. The Bertz CT molecular complexity index is 855. The summed E-state index contributed by atoms with van der Waals surface area (Å²) in [4.78, 5) is 37.5. The highest BCUT2D eigenvalue weighted by atomic mass is 16.5. The van der Waals surface area contributed by atoms with Crippen LogP contribution in [-0.4, -0.2) is 51.6 Å². The number of amides is 2. The molecule has 0 atom stereocenters. The largest absolute Gasteiger partial charge is 0.511 e. The molecule has 0 radical (unpaired) electrons. The number of hydrogen-bond donors (Lipinski definition) is 3. The van der Waals surface area contributed by atoms with Crippen LogP contribution in [0.1, 0.15) is 45.1 Å². The second-order valence-corrected chi connectivity index (χ2v) is 8.50. The maximum Gasteiger partial charge on any atom is 0.322 e. The molecule has 1 heterocycles. The summed E-state index contributed by atoms with van der Waals surface area (Å²) >= 11 is 0. The molecule has 1 aliphatic heterocycles. The molecule has 1 saturated carbocycles. The van der Waals surface area contributed by atoms with Crippen molar-refractivity contribution >= 4 is 17.8 Å². The van der Waals surface area contributed by atoms with E-state index in [0.717, 1.165) is 23.7 Å². The highest BCUT2D eigenvalue weighted by Crippen LogP contribution is 2.34. The first-order chi connectivity index (χ1) is 14.2. The molecule has 1 aromatic carbocycles. The number of benzene rings is 1. The van der Waals surface area contributed by atoms with Crippen LogP contribution >= 0.6 is 0 Å². The van der Waals surface area contributed by atoms with E-state index in [4.69, 9.17) is 9.84 Å². The number of nitrogens with one attached hydrogen (secondary N) is 1. The number of carbonyl (C=O) groups excluding carboxylic acids is 2. The summed E-state index contributed by atoms with van der Waals surface area (Å²) in [7, 11) is 0. The van der Waals surface area contributed by atoms with Crippen molar-refractivity contribution in [2.75, 3.05) is 13.2 Å². The van der Waals surface area contributed by atoms with Crippen LogP contribution < -0.4 is 10.1 Å². The van der Waals surface area contributed by atoms with Crippen LogP contribution in [-0.2, 0) is 20.9 Å². The van der Waals surface area contributed by atoms with Crippen molar-refractivity contribution in [2.24, 2.45) is 5.92 Å². The van der Waals surface area contributed by atoms with Crippen LogP contribution in [0, 0.1) is 5.92 Å². The fourth-order valence-electron chi connectivity index (χ4n) is 3.51. The van der Waals surface area contributed by atoms with Crippen LogP contribution in [0.5, 0.6) is 5.75 Å². The van der Waals surface area contributed by atoms with E-state index >= 15 is 0 Å². The molecule has 30 heavy (non-hydrogen) atoms. The Hall–Kier alpha value is -3.03. The summed E-state index contributed by atoms with van der Waals surface area (Å²) in [6.07, 6.45) is 3.75. The number of ether oxygens (including phenoxy) is 1. The summed E-state index contributed by atoms with van der Waals surface area (Å²) in [6.45, 7) is 3.93. The molecule has 1 aromatic rings. The predicted octanol–water partition coefficient (Wildman–Crippen LogP) is 2.39. The van der Waals surface area contributed by atoms with Crippen molar-refractivity contribution in [3.63, 3.8) is 0 Å². The van der Waals surface area contributed by atoms with Crippen molar-refractivity contribution < 1.29 is 29.3 Å². The Morgan fingerprint density at radius 2 is 1.90 bits per heavy atom. The molecule has 0 aromatic heterocycles. The van der Waals surface area contributed by atoms with Crippen LogP contribution in [0.2, 0.25) is 0 Å². The molecule has 3 N–H and O–H groups in total. The number of rotatable bonds is 9. The lowest BCUT2D eigenvalue weighted by molar-refractivity contribution is -0.140. The molecular weight excluding hydrogens is 388 g/mol. The van der Waals surface area contributed by atoms with Gasteiger partial charge in [0.05, 0.1) is 6.61 Å². The van der Waals surface area contributed by atoms with E-state index in [0.29, 0.717) is 6.61 Å². The van der Waals surface area contributed by atoms with Crippen LogP contribution in [0.25, 0.3) is 0 Å². The summed E-state index contributed by atoms with van der Waals surface area (Å²) in [5.41, 5.74) is -0.259. The average Bonchev–Trinajstić information content (AvgIpc) is 3.48. The Balaban J connectivity index is 1.68. The first-order valence-electron chi connectivity index (χ1n) is 10.1. The van der Waals surface area contributed by atoms with Crippen molar-refractivity contribution in [3.05, 3.63) is 41.2 Å². The first-order valence-corrected chi connectivity index (χ1v) is 10.1. The molecule has 3 rings (SSSR count). The number of aliphatic carboxylic acids is 1. The zero-order chi connectivity index (χ0) is 21.9. The molecule has 1 aliphatic carbocycles. The Labute approximate surface area is 175 Å². The molecule has 1 fully saturated rings. The number of aliphatic hydroxyl groups is 1. The predicted molar refractivity (Wildman–Crippen MR) is 109 cm³/mol. The third-order valence-electron chi connectivity index (χ3n) is 5.46. The van der Waals surface area contributed by atoms with E-state index < -0.39 is 35.4 Å². The highest BCUT2D eigenvalue weighted by Gasteiger charge is 2.42. The van der Waals surface area contributed by atoms with Gasteiger partial charge in [-0.15, -0.1) is 0 Å². The molecular formula is C22H28N2O6. The number of carbonyl (C=O) groups is 3. The summed E-state index contributed by atoms with van der Waals surface area (Å²) in [6, 6.07) is 7.46. The second-order valence-electron chi connectivity index (χ2n) is 8.50. The molecule has 162 valence electrons. The van der Waals surface area contributed by atoms with E-state index in [1.54, 1.807) is 0 Å². The van der Waals surface area contributed by atoms with Gasteiger partial charge in [0.2, 0.25) is 0 Å². The van der Waals surface area contributed by atoms with Gasteiger partial charge in [-0.1, -0.05) is 25.0 Å². The monoisotopic (exact) mass is 416 g/mol. The third-order valence-corrected chi connectivity index (χ3v) is 5.46. The van der Waals surface area contributed by atoms with Crippen LogP contribution in [0.3, 0.4) is 0 Å². The van der Waals surface area contributed by atoms with E-state index in [2.05, 4.69) is 5.32 Å². The van der Waals surface area contributed by atoms with Gasteiger partial charge in [-0.25, -0.2) is 0 Å². The van der Waals surface area contributed by atoms with Gasteiger partial charge < -0.3 is 25.2 Å². The van der Waals surface area contributed by atoms with Crippen LogP contribution in [0.4, 0.5) is 0 Å². The smallest absolute Gasteiger partial charge is 0.322 e. The van der Waals surface area contributed by atoms with Gasteiger partial charge in [0.1, 0.15) is 23.6 Å². The standard InChI is InChI=1S/C22H28N2O6/c1-22(2)11-17(25)19(20(28)23-12-18(26)27)21(29)24(22)13-15-5-7-16(8-6-15)30-10-9-14-3-4-14/h5-8,14,25H,3-4,9-13H2,1-2H3,(H,23,28)(H,26,27). The topological polar surface area (TPSA) is 116 Å². The van der Waals surface area contributed by atoms with Crippen molar-refractivity contribution in [3.8, 4) is 5.75 Å². The number of hydrogen-bond acceptors (Lipinski definition) is 5. The Kier molecular flexibility index (Phi) is 6.34. The van der Waals surface area contributed by atoms with Gasteiger partial charge in [-0.2, -0.15) is 0 Å². The van der Waals surface area contributed by atoms with Gasteiger partial charge in [-0.05, 0) is 43.9 Å². The fraction of sp³-hybridized carbons (Fsp3) is 0.500. The molecule has 0 saturated heterocycles. The number of carboxylic acids is 1. The molecule has 0 unspecified atom stereocenters. The SMILES string of the molecule is CC1(C)CC(O)=C(C(=O)NCC(=O)O)C(=O)N1Cc1ccc(OCCC2CC2)cc1. The average molecular weight is 416 g/mol. The van der Waals surface area contributed by atoms with Gasteiger partial charge in [0, 0.05) is 18.5 Å². The summed E-state index contributed by atoms with van der Waals surface area (Å²) in [5.74, 6) is -1.50. The maximum absolute atomic E-state index is 13.0. The van der Waals surface area contributed by atoms with E-state index in [9.17, 15) is 19.5 Å². The van der Waals surface area contributed by atoms with Crippen molar-refractivity contribution in [1.82, 2.24) is 10.2 Å². The van der Waals surface area contributed by atoms with Crippen molar-refractivity contribution in [1.29, 1.82) is 0 Å². The van der Waals surface area contributed by atoms with E-state index in [1.165, 1.54) is 17.7 Å². The summed E-state index contributed by atoms with van der Waals surface area (Å²) < 4.78 is 5.75. The maximum atomic E-state index is 13.0. The minimum Gasteiger partial charge on any atom is -0.511 e. The lowest BCUT2D eigenvalue weighted by Crippen LogP contribution is -2.53. The van der Waals surface area contributed by atoms with Gasteiger partial charge in [-0.3, -0.25) is 14.4 Å². The van der Waals surface area contributed by atoms with Gasteiger partial charge in [0.25, 0.3) is 11.8 Å². The van der Waals surface area contributed by atoms with Crippen LogP contribution in [0.15, 0.2) is 35.6 Å². The molecule has 8 nitrogen and oxygen atoms in total. The zero-order valence-corrected chi connectivity index (χ0v) is 17.3. The first kappa shape index (κ1) is 21.7. The van der Waals surface area contributed by atoms with E-state index in [1.807, 2.05) is 38.1 Å². The molecule has 2 aliphatic rings. The normalized spacial score (nSPS) is 18.3.